The summed E-state index contributed by atoms with van der Waals surface area (Å²) in [7, 11) is 0. The van der Waals surface area contributed by atoms with Crippen LogP contribution >= 0.6 is 23.2 Å². The molecule has 4 nitrogen and oxygen atoms in total. The standard InChI is InChI=1S/C9H10Cl2N2O2/c1-9(11,6-10)15-13-8(14)7-3-2-4-12-5-7/h2-5H,6H2,1H3,(H,13,14). The molecule has 1 heterocycles. The van der Waals surface area contributed by atoms with Crippen LogP contribution in [-0.2, 0) is 4.84 Å². The lowest BCUT2D eigenvalue weighted by atomic mass is 10.3. The lowest BCUT2D eigenvalue weighted by Crippen LogP contribution is -2.35. The highest BCUT2D eigenvalue weighted by Crippen LogP contribution is 2.16. The average Bonchev–Trinajstić information content (AvgIpc) is 2.27. The molecule has 0 aliphatic heterocycles. The van der Waals surface area contributed by atoms with E-state index >= 15 is 0 Å². The van der Waals surface area contributed by atoms with E-state index in [1.54, 1.807) is 25.3 Å². The van der Waals surface area contributed by atoms with Gasteiger partial charge in [-0.05, 0) is 19.1 Å². The van der Waals surface area contributed by atoms with Crippen LogP contribution in [0, 0.1) is 0 Å². The van der Waals surface area contributed by atoms with Gasteiger partial charge < -0.3 is 0 Å². The van der Waals surface area contributed by atoms with Crippen LogP contribution in [0.1, 0.15) is 17.3 Å². The van der Waals surface area contributed by atoms with Crippen molar-refractivity contribution in [1.82, 2.24) is 10.5 Å². The van der Waals surface area contributed by atoms with Gasteiger partial charge in [-0.15, -0.1) is 11.6 Å². The van der Waals surface area contributed by atoms with Crippen LogP contribution in [0.2, 0.25) is 0 Å². The van der Waals surface area contributed by atoms with E-state index in [4.69, 9.17) is 28.0 Å². The summed E-state index contributed by atoms with van der Waals surface area (Å²) < 4.78 is 0. The normalized spacial score (nSPS) is 14.3. The Balaban J connectivity index is 2.51. The number of alkyl halides is 2. The molecule has 1 amide bonds. The van der Waals surface area contributed by atoms with Gasteiger partial charge in [-0.1, -0.05) is 11.6 Å². The van der Waals surface area contributed by atoms with Crippen LogP contribution < -0.4 is 5.48 Å². The maximum absolute atomic E-state index is 11.4. The molecule has 0 saturated heterocycles. The summed E-state index contributed by atoms with van der Waals surface area (Å²) in [4.78, 5) is 20.1. The number of rotatable bonds is 4. The molecule has 0 aliphatic carbocycles. The van der Waals surface area contributed by atoms with Crippen molar-refractivity contribution >= 4 is 29.1 Å². The van der Waals surface area contributed by atoms with Gasteiger partial charge in [0.2, 0.25) is 0 Å². The molecule has 1 aromatic heterocycles. The van der Waals surface area contributed by atoms with Gasteiger partial charge in [0.1, 0.15) is 0 Å². The van der Waals surface area contributed by atoms with Gasteiger partial charge >= 0.3 is 0 Å². The molecule has 0 radical (unpaired) electrons. The number of amides is 1. The van der Waals surface area contributed by atoms with Crippen molar-refractivity contribution in [1.29, 1.82) is 0 Å². The zero-order valence-corrected chi connectivity index (χ0v) is 9.55. The van der Waals surface area contributed by atoms with Crippen LogP contribution in [0.3, 0.4) is 0 Å². The molecule has 1 rings (SSSR count). The summed E-state index contributed by atoms with van der Waals surface area (Å²) >= 11 is 11.3. The van der Waals surface area contributed by atoms with Crippen molar-refractivity contribution in [3.63, 3.8) is 0 Å². The van der Waals surface area contributed by atoms with Gasteiger partial charge in [-0.2, -0.15) is 0 Å². The SMILES string of the molecule is CC(Cl)(CCl)ONC(=O)c1cccnc1. The fourth-order valence-corrected chi connectivity index (χ4v) is 0.829. The highest BCUT2D eigenvalue weighted by Gasteiger charge is 2.22. The van der Waals surface area contributed by atoms with E-state index in [1.807, 2.05) is 0 Å². The minimum atomic E-state index is -1.11. The minimum absolute atomic E-state index is 0.0574. The summed E-state index contributed by atoms with van der Waals surface area (Å²) in [5.41, 5.74) is 2.58. The highest BCUT2D eigenvalue weighted by atomic mass is 35.5. The van der Waals surface area contributed by atoms with Crippen molar-refractivity contribution < 1.29 is 9.63 Å². The average molecular weight is 249 g/mol. The van der Waals surface area contributed by atoms with Gasteiger partial charge in [-0.25, -0.2) is 10.3 Å². The molecular formula is C9H10Cl2N2O2. The molecule has 0 bridgehead atoms. The number of hydrogen-bond acceptors (Lipinski definition) is 3. The molecule has 15 heavy (non-hydrogen) atoms. The van der Waals surface area contributed by atoms with Crippen LogP contribution in [0.15, 0.2) is 24.5 Å². The topological polar surface area (TPSA) is 51.2 Å². The summed E-state index contributed by atoms with van der Waals surface area (Å²) in [5, 5.41) is -1.11. The zero-order chi connectivity index (χ0) is 11.3. The van der Waals surface area contributed by atoms with Crippen molar-refractivity contribution in [3.05, 3.63) is 30.1 Å². The lowest BCUT2D eigenvalue weighted by Gasteiger charge is -2.18. The van der Waals surface area contributed by atoms with Crippen molar-refractivity contribution in [3.8, 4) is 0 Å². The van der Waals surface area contributed by atoms with Crippen LogP contribution in [0.5, 0.6) is 0 Å². The van der Waals surface area contributed by atoms with Crippen molar-refractivity contribution in [2.24, 2.45) is 0 Å². The van der Waals surface area contributed by atoms with Crippen LogP contribution in [-0.4, -0.2) is 21.8 Å². The first kappa shape index (κ1) is 12.2. The molecule has 1 unspecified atom stereocenters. The van der Waals surface area contributed by atoms with E-state index in [-0.39, 0.29) is 5.88 Å². The van der Waals surface area contributed by atoms with Crippen molar-refractivity contribution in [2.45, 2.75) is 12.0 Å². The first-order valence-corrected chi connectivity index (χ1v) is 5.10. The quantitative estimate of drug-likeness (QED) is 0.655. The number of aromatic nitrogens is 1. The van der Waals surface area contributed by atoms with Crippen LogP contribution in [0.25, 0.3) is 0 Å². The smallest absolute Gasteiger partial charge is 0.267 e. The molecule has 0 fully saturated rings. The Kier molecular flexibility index (Phi) is 4.32. The van der Waals surface area contributed by atoms with Gasteiger partial charge in [-0.3, -0.25) is 9.78 Å². The number of nitrogens with zero attached hydrogens (tertiary/aromatic N) is 1. The maximum atomic E-state index is 11.4. The number of carbonyl (C=O) groups is 1. The molecule has 0 aliphatic rings. The lowest BCUT2D eigenvalue weighted by molar-refractivity contribution is -0.0204. The Labute approximate surface area is 97.5 Å². The summed E-state index contributed by atoms with van der Waals surface area (Å²) in [6.07, 6.45) is 2.99. The third kappa shape index (κ3) is 4.03. The number of hydrogen-bond donors (Lipinski definition) is 1. The fourth-order valence-electron chi connectivity index (χ4n) is 0.736. The van der Waals surface area contributed by atoms with Gasteiger partial charge in [0, 0.05) is 12.4 Å². The number of pyridine rings is 1. The predicted octanol–water partition coefficient (Wildman–Crippen LogP) is 1.94. The Bertz CT molecular complexity index is 330. The second-order valence-corrected chi connectivity index (χ2v) is 4.08. The first-order chi connectivity index (χ1) is 7.05. The largest absolute Gasteiger partial charge is 0.276 e. The second kappa shape index (κ2) is 5.30. The molecular weight excluding hydrogens is 239 g/mol. The third-order valence-corrected chi connectivity index (χ3v) is 2.38. The number of nitrogens with one attached hydrogen (secondary N) is 1. The Hall–Kier alpha value is -0.840. The number of hydroxylamine groups is 1. The molecule has 1 N–H and O–H groups in total. The Morgan fingerprint density at radius 3 is 3.00 bits per heavy atom. The molecule has 1 aromatic rings. The summed E-state index contributed by atoms with van der Waals surface area (Å²) in [5.74, 6) is -0.359. The van der Waals surface area contributed by atoms with Crippen molar-refractivity contribution in [2.75, 3.05) is 5.88 Å². The van der Waals surface area contributed by atoms with Gasteiger partial charge in [0.25, 0.3) is 5.91 Å². The fraction of sp³-hybridized carbons (Fsp3) is 0.333. The van der Waals surface area contributed by atoms with E-state index in [0.29, 0.717) is 5.56 Å². The van der Waals surface area contributed by atoms with E-state index in [9.17, 15) is 4.79 Å². The Morgan fingerprint density at radius 1 is 1.73 bits per heavy atom. The van der Waals surface area contributed by atoms with E-state index in [2.05, 4.69) is 10.5 Å². The van der Waals surface area contributed by atoms with E-state index < -0.39 is 11.0 Å². The monoisotopic (exact) mass is 248 g/mol. The van der Waals surface area contributed by atoms with Crippen LogP contribution in [0.4, 0.5) is 0 Å². The van der Waals surface area contributed by atoms with E-state index in [1.165, 1.54) is 6.20 Å². The molecule has 1 atom stereocenters. The number of carbonyl (C=O) groups excluding carboxylic acids is 1. The molecule has 6 heteroatoms. The summed E-state index contributed by atoms with van der Waals surface area (Å²) in [6, 6.07) is 3.26. The predicted molar refractivity (Wildman–Crippen MR) is 57.8 cm³/mol. The molecule has 0 spiro atoms. The summed E-state index contributed by atoms with van der Waals surface area (Å²) in [6.45, 7) is 1.55. The molecule has 82 valence electrons. The zero-order valence-electron chi connectivity index (χ0n) is 8.04. The van der Waals surface area contributed by atoms with Gasteiger partial charge in [0.15, 0.2) is 5.06 Å². The molecule has 0 saturated carbocycles. The maximum Gasteiger partial charge on any atom is 0.276 e. The number of halogens is 2. The first-order valence-electron chi connectivity index (χ1n) is 4.18. The third-order valence-electron chi connectivity index (χ3n) is 1.52. The minimum Gasteiger partial charge on any atom is -0.267 e. The second-order valence-electron chi connectivity index (χ2n) is 3.01. The molecule has 0 aromatic carbocycles. The van der Waals surface area contributed by atoms with Gasteiger partial charge in [0.05, 0.1) is 11.4 Å². The van der Waals surface area contributed by atoms with E-state index in [0.717, 1.165) is 0 Å². The Morgan fingerprint density at radius 2 is 2.47 bits per heavy atom. The highest BCUT2D eigenvalue weighted by molar-refractivity contribution is 6.29.